The fourth-order valence-electron chi connectivity index (χ4n) is 2.75. The van der Waals surface area contributed by atoms with Gasteiger partial charge < -0.3 is 15.3 Å². The molecule has 1 aromatic rings. The van der Waals surface area contributed by atoms with Gasteiger partial charge in [0.25, 0.3) is 0 Å². The van der Waals surface area contributed by atoms with E-state index in [0.717, 1.165) is 24.9 Å². The summed E-state index contributed by atoms with van der Waals surface area (Å²) in [4.78, 5) is 25.1. The third-order valence-corrected chi connectivity index (χ3v) is 3.98. The van der Waals surface area contributed by atoms with Gasteiger partial charge in [-0.2, -0.15) is 0 Å². The second-order valence-corrected chi connectivity index (χ2v) is 5.48. The molecule has 1 atom stereocenters. The standard InChI is InChI=1S/C16H22N2O3/c1-12-6-4-5-11-18(12)16(21)17-10-9-13-7-2-3-8-14(13)15(19)20/h2-3,7-8,12H,4-6,9-11H2,1H3,(H,17,21)(H,19,20). The Morgan fingerprint density at radius 2 is 2.10 bits per heavy atom. The maximum Gasteiger partial charge on any atom is 0.335 e. The number of carboxylic acids is 1. The fraction of sp³-hybridized carbons (Fsp3) is 0.500. The van der Waals surface area contributed by atoms with Crippen molar-refractivity contribution < 1.29 is 14.7 Å². The second-order valence-electron chi connectivity index (χ2n) is 5.48. The summed E-state index contributed by atoms with van der Waals surface area (Å²) < 4.78 is 0. The maximum atomic E-state index is 12.1. The molecule has 2 rings (SSSR count). The maximum absolute atomic E-state index is 12.1. The van der Waals surface area contributed by atoms with Crippen LogP contribution in [0.4, 0.5) is 4.79 Å². The lowest BCUT2D eigenvalue weighted by Crippen LogP contribution is -2.47. The van der Waals surface area contributed by atoms with Crippen molar-refractivity contribution in [2.45, 2.75) is 38.6 Å². The largest absolute Gasteiger partial charge is 0.478 e. The van der Waals surface area contributed by atoms with Gasteiger partial charge >= 0.3 is 12.0 Å². The molecular formula is C16H22N2O3. The summed E-state index contributed by atoms with van der Waals surface area (Å²) in [6, 6.07) is 7.14. The smallest absolute Gasteiger partial charge is 0.335 e. The van der Waals surface area contributed by atoms with Crippen LogP contribution >= 0.6 is 0 Å². The van der Waals surface area contributed by atoms with Crippen molar-refractivity contribution in [1.29, 1.82) is 0 Å². The van der Waals surface area contributed by atoms with Gasteiger partial charge in [0.1, 0.15) is 0 Å². The van der Waals surface area contributed by atoms with Crippen molar-refractivity contribution in [2.75, 3.05) is 13.1 Å². The molecule has 2 N–H and O–H groups in total. The van der Waals surface area contributed by atoms with E-state index in [9.17, 15) is 9.59 Å². The summed E-state index contributed by atoms with van der Waals surface area (Å²) in [6.45, 7) is 3.32. The van der Waals surface area contributed by atoms with Crippen LogP contribution in [0.25, 0.3) is 0 Å². The van der Waals surface area contributed by atoms with Crippen molar-refractivity contribution >= 4 is 12.0 Å². The first-order chi connectivity index (χ1) is 10.1. The molecule has 0 saturated carbocycles. The number of carbonyl (C=O) groups excluding carboxylic acids is 1. The van der Waals surface area contributed by atoms with Crippen molar-refractivity contribution in [2.24, 2.45) is 0 Å². The normalized spacial score (nSPS) is 18.3. The van der Waals surface area contributed by atoms with Crippen molar-refractivity contribution in [3.05, 3.63) is 35.4 Å². The van der Waals surface area contributed by atoms with Crippen molar-refractivity contribution in [1.82, 2.24) is 10.2 Å². The van der Waals surface area contributed by atoms with Gasteiger partial charge in [-0.1, -0.05) is 18.2 Å². The van der Waals surface area contributed by atoms with E-state index in [1.165, 1.54) is 6.42 Å². The Labute approximate surface area is 125 Å². The van der Waals surface area contributed by atoms with Gasteiger partial charge in [0.15, 0.2) is 0 Å². The molecule has 1 fully saturated rings. The van der Waals surface area contributed by atoms with Crippen LogP contribution in [-0.4, -0.2) is 41.1 Å². The topological polar surface area (TPSA) is 69.6 Å². The Hall–Kier alpha value is -2.04. The summed E-state index contributed by atoms with van der Waals surface area (Å²) in [6.07, 6.45) is 3.81. The molecule has 1 aliphatic rings. The van der Waals surface area contributed by atoms with E-state index < -0.39 is 5.97 Å². The molecule has 0 spiro atoms. The Bertz CT molecular complexity index is 516. The SMILES string of the molecule is CC1CCCCN1C(=O)NCCc1ccccc1C(=O)O. The van der Waals surface area contributed by atoms with E-state index in [0.29, 0.717) is 18.5 Å². The molecule has 0 radical (unpaired) electrons. The number of urea groups is 1. The molecule has 0 bridgehead atoms. The summed E-state index contributed by atoms with van der Waals surface area (Å²) in [7, 11) is 0. The number of nitrogens with zero attached hydrogens (tertiary/aromatic N) is 1. The molecule has 114 valence electrons. The predicted octanol–water partition coefficient (Wildman–Crippen LogP) is 2.51. The quantitative estimate of drug-likeness (QED) is 0.895. The number of nitrogens with one attached hydrogen (secondary N) is 1. The van der Waals surface area contributed by atoms with E-state index in [1.807, 2.05) is 11.0 Å². The van der Waals surface area contributed by atoms with Crippen molar-refractivity contribution in [3.8, 4) is 0 Å². The highest BCUT2D eigenvalue weighted by Crippen LogP contribution is 2.16. The molecule has 5 nitrogen and oxygen atoms in total. The van der Waals surface area contributed by atoms with E-state index in [4.69, 9.17) is 5.11 Å². The highest BCUT2D eigenvalue weighted by atomic mass is 16.4. The van der Waals surface area contributed by atoms with Crippen LogP contribution in [0.5, 0.6) is 0 Å². The highest BCUT2D eigenvalue weighted by molar-refractivity contribution is 5.89. The number of carboxylic acid groups (broad SMARTS) is 1. The van der Waals surface area contributed by atoms with Gasteiger partial charge in [0, 0.05) is 19.1 Å². The lowest BCUT2D eigenvalue weighted by molar-refractivity contribution is 0.0695. The number of aromatic carboxylic acids is 1. The number of rotatable bonds is 4. The zero-order valence-electron chi connectivity index (χ0n) is 12.3. The number of piperidine rings is 1. The van der Waals surface area contributed by atoms with Gasteiger partial charge in [-0.15, -0.1) is 0 Å². The van der Waals surface area contributed by atoms with Crippen LogP contribution in [0.2, 0.25) is 0 Å². The number of carbonyl (C=O) groups is 2. The molecule has 5 heteroatoms. The minimum absolute atomic E-state index is 0.0463. The number of likely N-dealkylation sites (tertiary alicyclic amines) is 1. The van der Waals surface area contributed by atoms with Crippen LogP contribution in [0.1, 0.15) is 42.1 Å². The van der Waals surface area contributed by atoms with Gasteiger partial charge in [-0.3, -0.25) is 0 Å². The first-order valence-corrected chi connectivity index (χ1v) is 7.45. The molecule has 0 aromatic heterocycles. The first kappa shape index (κ1) is 15.4. The molecule has 2 amide bonds. The van der Waals surface area contributed by atoms with Gasteiger partial charge in [-0.25, -0.2) is 9.59 Å². The molecule has 1 aliphatic heterocycles. The fourth-order valence-corrected chi connectivity index (χ4v) is 2.75. The molecule has 1 unspecified atom stereocenters. The zero-order chi connectivity index (χ0) is 15.2. The monoisotopic (exact) mass is 290 g/mol. The molecule has 1 aromatic carbocycles. The second kappa shape index (κ2) is 7.11. The van der Waals surface area contributed by atoms with Crippen LogP contribution in [0.15, 0.2) is 24.3 Å². The van der Waals surface area contributed by atoms with Crippen LogP contribution < -0.4 is 5.32 Å². The van der Waals surface area contributed by atoms with E-state index >= 15 is 0 Å². The lowest BCUT2D eigenvalue weighted by Gasteiger charge is -2.33. The first-order valence-electron chi connectivity index (χ1n) is 7.45. The Kier molecular flexibility index (Phi) is 5.20. The molecular weight excluding hydrogens is 268 g/mol. The predicted molar refractivity (Wildman–Crippen MR) is 80.5 cm³/mol. The summed E-state index contributed by atoms with van der Waals surface area (Å²) in [5.41, 5.74) is 1.05. The van der Waals surface area contributed by atoms with Crippen LogP contribution in [-0.2, 0) is 6.42 Å². The van der Waals surface area contributed by atoms with Crippen LogP contribution in [0, 0.1) is 0 Å². The van der Waals surface area contributed by atoms with E-state index in [2.05, 4.69) is 12.2 Å². The number of benzene rings is 1. The molecule has 0 aliphatic carbocycles. The summed E-state index contributed by atoms with van der Waals surface area (Å²) in [5.74, 6) is -0.929. The zero-order valence-corrected chi connectivity index (χ0v) is 12.3. The van der Waals surface area contributed by atoms with Gasteiger partial charge in [0.2, 0.25) is 0 Å². The minimum Gasteiger partial charge on any atom is -0.478 e. The third-order valence-electron chi connectivity index (χ3n) is 3.98. The Morgan fingerprint density at radius 3 is 2.81 bits per heavy atom. The number of hydrogen-bond donors (Lipinski definition) is 2. The lowest BCUT2D eigenvalue weighted by atomic mass is 10.0. The molecule has 1 heterocycles. The third kappa shape index (κ3) is 3.97. The van der Waals surface area contributed by atoms with E-state index in [1.54, 1.807) is 18.2 Å². The van der Waals surface area contributed by atoms with Crippen LogP contribution in [0.3, 0.4) is 0 Å². The summed E-state index contributed by atoms with van der Waals surface area (Å²) >= 11 is 0. The number of amides is 2. The molecule has 1 saturated heterocycles. The highest BCUT2D eigenvalue weighted by Gasteiger charge is 2.22. The van der Waals surface area contributed by atoms with E-state index in [-0.39, 0.29) is 12.1 Å². The minimum atomic E-state index is -0.929. The average Bonchev–Trinajstić information content (AvgIpc) is 2.48. The molecule has 21 heavy (non-hydrogen) atoms. The average molecular weight is 290 g/mol. The van der Waals surface area contributed by atoms with Gasteiger partial charge in [0.05, 0.1) is 5.56 Å². The summed E-state index contributed by atoms with van der Waals surface area (Å²) in [5, 5.41) is 12.0. The van der Waals surface area contributed by atoms with Gasteiger partial charge in [-0.05, 0) is 44.2 Å². The van der Waals surface area contributed by atoms with Crippen molar-refractivity contribution in [3.63, 3.8) is 0 Å². The Balaban J connectivity index is 1.87. The Morgan fingerprint density at radius 1 is 1.33 bits per heavy atom. The number of hydrogen-bond acceptors (Lipinski definition) is 2.